The van der Waals surface area contributed by atoms with Gasteiger partial charge in [-0.1, -0.05) is 28.9 Å². The van der Waals surface area contributed by atoms with E-state index in [2.05, 4.69) is 20.7 Å². The molecule has 4 nitrogen and oxygen atoms in total. The Hall–Kier alpha value is -1.53. The van der Waals surface area contributed by atoms with Crippen LogP contribution in [0.25, 0.3) is 0 Å². The second kappa shape index (κ2) is 6.07. The predicted molar refractivity (Wildman–Crippen MR) is 89.9 cm³/mol. The molecule has 2 aromatic carbocycles. The highest BCUT2D eigenvalue weighted by Gasteiger charge is 2.16. The number of hydrogen-bond donors (Lipinski definition) is 2. The predicted octanol–water partition coefficient (Wildman–Crippen LogP) is 3.70. The van der Waals surface area contributed by atoms with Gasteiger partial charge in [-0.3, -0.25) is 4.72 Å². The Morgan fingerprint density at radius 2 is 1.90 bits per heavy atom. The SMILES string of the molecule is CCc1cc(Br)ccc1NS(=O)(=O)c1ccc(C)c(N)c1. The summed E-state index contributed by atoms with van der Waals surface area (Å²) < 4.78 is 28.4. The summed E-state index contributed by atoms with van der Waals surface area (Å²) in [6.07, 6.45) is 0.729. The standard InChI is InChI=1S/C15H17BrN2O2S/c1-3-11-8-12(16)5-7-15(11)18-21(19,20)13-6-4-10(2)14(17)9-13/h4-9,18H,3,17H2,1-2H3. The van der Waals surface area contributed by atoms with Gasteiger partial charge < -0.3 is 5.73 Å². The minimum atomic E-state index is -3.64. The number of aryl methyl sites for hydroxylation is 2. The second-order valence-electron chi connectivity index (χ2n) is 4.78. The number of nitrogens with one attached hydrogen (secondary N) is 1. The molecule has 3 N–H and O–H groups in total. The highest BCUT2D eigenvalue weighted by atomic mass is 79.9. The third kappa shape index (κ3) is 3.57. The molecule has 0 spiro atoms. The molecule has 0 radical (unpaired) electrons. The number of anilines is 2. The van der Waals surface area contributed by atoms with Gasteiger partial charge in [-0.05, 0) is 54.8 Å². The van der Waals surface area contributed by atoms with Gasteiger partial charge in [-0.15, -0.1) is 0 Å². The van der Waals surface area contributed by atoms with E-state index in [0.717, 1.165) is 22.0 Å². The van der Waals surface area contributed by atoms with Crippen LogP contribution in [0.15, 0.2) is 45.8 Å². The lowest BCUT2D eigenvalue weighted by atomic mass is 10.1. The van der Waals surface area contributed by atoms with Crippen molar-refractivity contribution in [1.29, 1.82) is 0 Å². The van der Waals surface area contributed by atoms with E-state index in [4.69, 9.17) is 5.73 Å². The summed E-state index contributed by atoms with van der Waals surface area (Å²) in [7, 11) is -3.64. The number of hydrogen-bond acceptors (Lipinski definition) is 3. The van der Waals surface area contributed by atoms with Crippen LogP contribution in [0.2, 0.25) is 0 Å². The van der Waals surface area contributed by atoms with Crippen molar-refractivity contribution in [2.45, 2.75) is 25.2 Å². The molecular formula is C15H17BrN2O2S. The molecule has 0 atom stereocenters. The number of nitrogens with two attached hydrogens (primary N) is 1. The van der Waals surface area contributed by atoms with Gasteiger partial charge in [0, 0.05) is 10.2 Å². The molecule has 0 aromatic heterocycles. The van der Waals surface area contributed by atoms with Crippen LogP contribution in [0.1, 0.15) is 18.1 Å². The number of rotatable bonds is 4. The maximum absolute atomic E-state index is 12.4. The fourth-order valence-corrected chi connectivity index (χ4v) is 3.49. The summed E-state index contributed by atoms with van der Waals surface area (Å²) in [4.78, 5) is 0.163. The lowest BCUT2D eigenvalue weighted by molar-refractivity contribution is 0.601. The quantitative estimate of drug-likeness (QED) is 0.808. The molecule has 0 saturated carbocycles. The van der Waals surface area contributed by atoms with E-state index in [1.54, 1.807) is 24.3 Å². The minimum absolute atomic E-state index is 0.163. The first-order valence-electron chi connectivity index (χ1n) is 6.51. The molecule has 0 bridgehead atoms. The van der Waals surface area contributed by atoms with Gasteiger partial charge in [0.1, 0.15) is 0 Å². The minimum Gasteiger partial charge on any atom is -0.398 e. The highest BCUT2D eigenvalue weighted by molar-refractivity contribution is 9.10. The second-order valence-corrected chi connectivity index (χ2v) is 7.38. The van der Waals surface area contributed by atoms with Crippen LogP contribution in [0.3, 0.4) is 0 Å². The third-order valence-electron chi connectivity index (χ3n) is 3.25. The fraction of sp³-hybridized carbons (Fsp3) is 0.200. The average Bonchev–Trinajstić information content (AvgIpc) is 2.43. The van der Waals surface area contributed by atoms with Crippen molar-refractivity contribution in [3.8, 4) is 0 Å². The van der Waals surface area contributed by atoms with Crippen molar-refractivity contribution in [1.82, 2.24) is 0 Å². The van der Waals surface area contributed by atoms with E-state index < -0.39 is 10.0 Å². The van der Waals surface area contributed by atoms with E-state index in [-0.39, 0.29) is 4.90 Å². The maximum Gasteiger partial charge on any atom is 0.261 e. The first kappa shape index (κ1) is 15.9. The Morgan fingerprint density at radius 3 is 2.52 bits per heavy atom. The van der Waals surface area contributed by atoms with Gasteiger partial charge in [0.25, 0.3) is 10.0 Å². The van der Waals surface area contributed by atoms with Crippen LogP contribution in [-0.2, 0) is 16.4 Å². The summed E-state index contributed by atoms with van der Waals surface area (Å²) in [6.45, 7) is 3.81. The summed E-state index contributed by atoms with van der Waals surface area (Å²) >= 11 is 3.39. The van der Waals surface area contributed by atoms with Gasteiger partial charge in [0.2, 0.25) is 0 Å². The Balaban J connectivity index is 2.39. The molecule has 2 aromatic rings. The van der Waals surface area contributed by atoms with Gasteiger partial charge in [-0.2, -0.15) is 0 Å². The molecule has 0 aliphatic heterocycles. The number of benzene rings is 2. The summed E-state index contributed by atoms with van der Waals surface area (Å²) in [6, 6.07) is 10.2. The van der Waals surface area contributed by atoms with Gasteiger partial charge in [0.15, 0.2) is 0 Å². The van der Waals surface area contributed by atoms with Crippen LogP contribution in [-0.4, -0.2) is 8.42 Å². The zero-order valence-corrected chi connectivity index (χ0v) is 14.3. The Bertz CT molecular complexity index is 773. The smallest absolute Gasteiger partial charge is 0.261 e. The van der Waals surface area contributed by atoms with Crippen LogP contribution in [0.4, 0.5) is 11.4 Å². The van der Waals surface area contributed by atoms with Crippen molar-refractivity contribution in [3.63, 3.8) is 0 Å². The average molecular weight is 369 g/mol. The van der Waals surface area contributed by atoms with E-state index >= 15 is 0 Å². The molecular weight excluding hydrogens is 352 g/mol. The Labute approximate surface area is 133 Å². The zero-order chi connectivity index (χ0) is 15.6. The van der Waals surface area contributed by atoms with Gasteiger partial charge in [-0.25, -0.2) is 8.42 Å². The van der Waals surface area contributed by atoms with Crippen molar-refractivity contribution in [3.05, 3.63) is 52.0 Å². The van der Waals surface area contributed by atoms with E-state index in [1.807, 2.05) is 19.9 Å². The molecule has 0 aliphatic rings. The largest absolute Gasteiger partial charge is 0.398 e. The molecule has 6 heteroatoms. The molecule has 0 fully saturated rings. The highest BCUT2D eigenvalue weighted by Crippen LogP contribution is 2.25. The fourth-order valence-electron chi connectivity index (χ4n) is 1.94. The molecule has 0 saturated heterocycles. The van der Waals surface area contributed by atoms with Gasteiger partial charge >= 0.3 is 0 Å². The number of sulfonamides is 1. The van der Waals surface area contributed by atoms with Crippen LogP contribution < -0.4 is 10.5 Å². The van der Waals surface area contributed by atoms with Crippen LogP contribution >= 0.6 is 15.9 Å². The van der Waals surface area contributed by atoms with E-state index in [9.17, 15) is 8.42 Å². The number of nitrogen functional groups attached to an aromatic ring is 1. The Morgan fingerprint density at radius 1 is 1.19 bits per heavy atom. The molecule has 21 heavy (non-hydrogen) atoms. The summed E-state index contributed by atoms with van der Waals surface area (Å²) in [5.74, 6) is 0. The van der Waals surface area contributed by atoms with Crippen molar-refractivity contribution in [2.75, 3.05) is 10.5 Å². The molecule has 0 unspecified atom stereocenters. The lowest BCUT2D eigenvalue weighted by Crippen LogP contribution is -2.14. The van der Waals surface area contributed by atoms with Crippen molar-refractivity contribution >= 4 is 37.3 Å². The lowest BCUT2D eigenvalue weighted by Gasteiger charge is -2.13. The van der Waals surface area contributed by atoms with Crippen LogP contribution in [0, 0.1) is 6.92 Å². The summed E-state index contributed by atoms with van der Waals surface area (Å²) in [5.41, 5.74) is 8.61. The van der Waals surface area contributed by atoms with Crippen LogP contribution in [0.5, 0.6) is 0 Å². The first-order valence-corrected chi connectivity index (χ1v) is 8.78. The van der Waals surface area contributed by atoms with E-state index in [0.29, 0.717) is 11.4 Å². The monoisotopic (exact) mass is 368 g/mol. The molecule has 112 valence electrons. The van der Waals surface area contributed by atoms with Crippen molar-refractivity contribution in [2.24, 2.45) is 0 Å². The summed E-state index contributed by atoms with van der Waals surface area (Å²) in [5, 5.41) is 0. The maximum atomic E-state index is 12.4. The number of halogens is 1. The zero-order valence-electron chi connectivity index (χ0n) is 11.9. The Kier molecular flexibility index (Phi) is 4.58. The normalized spacial score (nSPS) is 11.4. The molecule has 2 rings (SSSR count). The molecule has 0 aliphatic carbocycles. The van der Waals surface area contributed by atoms with Gasteiger partial charge in [0.05, 0.1) is 10.6 Å². The first-order chi connectivity index (χ1) is 9.83. The topological polar surface area (TPSA) is 72.2 Å². The molecule has 0 amide bonds. The van der Waals surface area contributed by atoms with Crippen molar-refractivity contribution < 1.29 is 8.42 Å². The molecule has 0 heterocycles. The van der Waals surface area contributed by atoms with E-state index in [1.165, 1.54) is 6.07 Å². The third-order valence-corrected chi connectivity index (χ3v) is 5.11.